The van der Waals surface area contributed by atoms with Crippen molar-refractivity contribution in [1.29, 1.82) is 0 Å². The minimum Gasteiger partial charge on any atom is -0.491 e. The second kappa shape index (κ2) is 10.5. The molecule has 0 saturated heterocycles. The van der Waals surface area contributed by atoms with Crippen molar-refractivity contribution in [3.05, 3.63) is 58.1 Å². The number of amides is 1. The van der Waals surface area contributed by atoms with E-state index >= 15 is 0 Å². The summed E-state index contributed by atoms with van der Waals surface area (Å²) in [6, 6.07) is 11.7. The van der Waals surface area contributed by atoms with Crippen molar-refractivity contribution in [2.24, 2.45) is 0 Å². The van der Waals surface area contributed by atoms with Gasteiger partial charge >= 0.3 is 0 Å². The predicted molar refractivity (Wildman–Crippen MR) is 113 cm³/mol. The molecule has 1 amide bonds. The average molecular weight is 392 g/mol. The van der Waals surface area contributed by atoms with Gasteiger partial charge in [0.25, 0.3) is 0 Å². The van der Waals surface area contributed by atoms with Gasteiger partial charge in [-0.05, 0) is 56.2 Å². The number of rotatable bonds is 9. The molecule has 0 fully saturated rings. The summed E-state index contributed by atoms with van der Waals surface area (Å²) >= 11 is 7.83. The molecule has 0 radical (unpaired) electrons. The molecule has 0 aliphatic heterocycles. The quantitative estimate of drug-likeness (QED) is 0.549. The lowest BCUT2D eigenvalue weighted by molar-refractivity contribution is -0.116. The first kappa shape index (κ1) is 20.7. The molecule has 0 aliphatic rings. The molecule has 0 unspecified atom stereocenters. The molecule has 140 valence electrons. The maximum atomic E-state index is 12.2. The molecule has 0 spiro atoms. The van der Waals surface area contributed by atoms with Crippen molar-refractivity contribution in [3.63, 3.8) is 0 Å². The van der Waals surface area contributed by atoms with Gasteiger partial charge in [-0.2, -0.15) is 11.8 Å². The predicted octanol–water partition coefficient (Wildman–Crippen LogP) is 5.80. The van der Waals surface area contributed by atoms with Crippen LogP contribution in [0.5, 0.6) is 5.75 Å². The largest absolute Gasteiger partial charge is 0.491 e. The molecular weight excluding hydrogens is 366 g/mol. The first-order valence-corrected chi connectivity index (χ1v) is 10.3. The van der Waals surface area contributed by atoms with Crippen LogP contribution in [0.4, 0.5) is 5.69 Å². The molecule has 0 saturated carbocycles. The zero-order valence-electron chi connectivity index (χ0n) is 15.6. The molecule has 26 heavy (non-hydrogen) atoms. The van der Waals surface area contributed by atoms with E-state index in [-0.39, 0.29) is 5.91 Å². The smallest absolute Gasteiger partial charge is 0.224 e. The third-order valence-corrected chi connectivity index (χ3v) is 5.30. The highest BCUT2D eigenvalue weighted by Crippen LogP contribution is 2.24. The number of nitrogens with one attached hydrogen (secondary N) is 1. The molecule has 2 aromatic rings. The van der Waals surface area contributed by atoms with Gasteiger partial charge < -0.3 is 10.1 Å². The molecule has 5 heteroatoms. The Morgan fingerprint density at radius 1 is 1.12 bits per heavy atom. The van der Waals surface area contributed by atoms with Gasteiger partial charge in [0.2, 0.25) is 5.91 Å². The van der Waals surface area contributed by atoms with Crippen LogP contribution in [0.25, 0.3) is 0 Å². The van der Waals surface area contributed by atoms with E-state index in [4.69, 9.17) is 16.3 Å². The topological polar surface area (TPSA) is 38.3 Å². The summed E-state index contributed by atoms with van der Waals surface area (Å²) < 4.78 is 5.65. The molecule has 0 bridgehead atoms. The van der Waals surface area contributed by atoms with E-state index in [2.05, 4.69) is 24.4 Å². The maximum Gasteiger partial charge on any atom is 0.224 e. The second-order valence-corrected chi connectivity index (χ2v) is 7.95. The fourth-order valence-electron chi connectivity index (χ4n) is 2.79. The molecule has 3 nitrogen and oxygen atoms in total. The summed E-state index contributed by atoms with van der Waals surface area (Å²) in [6.45, 7) is 6.75. The Kier molecular flexibility index (Phi) is 8.33. The highest BCUT2D eigenvalue weighted by Gasteiger charge is 2.08. The fraction of sp³-hybridized carbons (Fsp3) is 0.381. The van der Waals surface area contributed by atoms with Crippen LogP contribution in [0, 0.1) is 20.8 Å². The SMILES string of the molecule is Cc1cc(C)c(NC(=O)CCCSCCOc2ccccc2Cl)c(C)c1. The third-order valence-electron chi connectivity index (χ3n) is 3.96. The van der Waals surface area contributed by atoms with Crippen LogP contribution in [0.1, 0.15) is 29.5 Å². The summed E-state index contributed by atoms with van der Waals surface area (Å²) in [5.41, 5.74) is 4.39. The van der Waals surface area contributed by atoms with E-state index in [1.807, 2.05) is 38.1 Å². The number of thioether (sulfide) groups is 1. The average Bonchev–Trinajstić information content (AvgIpc) is 2.58. The number of benzene rings is 2. The van der Waals surface area contributed by atoms with Crippen molar-refractivity contribution in [1.82, 2.24) is 0 Å². The summed E-state index contributed by atoms with van der Waals surface area (Å²) in [5.74, 6) is 2.61. The van der Waals surface area contributed by atoms with Crippen molar-refractivity contribution < 1.29 is 9.53 Å². The number of para-hydroxylation sites is 1. The number of hydrogen-bond donors (Lipinski definition) is 1. The molecular formula is C21H26ClNO2S. The monoisotopic (exact) mass is 391 g/mol. The van der Waals surface area contributed by atoms with Crippen LogP contribution in [-0.2, 0) is 4.79 Å². The number of anilines is 1. The Morgan fingerprint density at radius 2 is 1.81 bits per heavy atom. The summed E-state index contributed by atoms with van der Waals surface area (Å²) in [7, 11) is 0. The van der Waals surface area contributed by atoms with Crippen molar-refractivity contribution in [2.45, 2.75) is 33.6 Å². The Balaban J connectivity index is 1.61. The van der Waals surface area contributed by atoms with Crippen molar-refractivity contribution in [2.75, 3.05) is 23.4 Å². The zero-order chi connectivity index (χ0) is 18.9. The first-order chi connectivity index (χ1) is 12.5. The maximum absolute atomic E-state index is 12.2. The van der Waals surface area contributed by atoms with Gasteiger partial charge in [-0.3, -0.25) is 4.79 Å². The third kappa shape index (κ3) is 6.58. The normalized spacial score (nSPS) is 10.6. The molecule has 0 aliphatic carbocycles. The van der Waals surface area contributed by atoms with E-state index in [9.17, 15) is 4.79 Å². The van der Waals surface area contributed by atoms with Crippen molar-refractivity contribution >= 4 is 35.0 Å². The molecule has 0 heterocycles. The summed E-state index contributed by atoms with van der Waals surface area (Å²) in [5, 5.41) is 3.68. The van der Waals surface area contributed by atoms with Crippen LogP contribution in [0.2, 0.25) is 5.02 Å². The fourth-order valence-corrected chi connectivity index (χ4v) is 3.73. The number of aryl methyl sites for hydroxylation is 3. The Bertz CT molecular complexity index is 726. The minimum absolute atomic E-state index is 0.0768. The molecule has 0 atom stereocenters. The Hall–Kier alpha value is -1.65. The summed E-state index contributed by atoms with van der Waals surface area (Å²) in [4.78, 5) is 12.2. The molecule has 1 N–H and O–H groups in total. The number of halogens is 1. The summed E-state index contributed by atoms with van der Waals surface area (Å²) in [6.07, 6.45) is 1.39. The minimum atomic E-state index is 0.0768. The molecule has 0 aromatic heterocycles. The standard InChI is InChI=1S/C21H26ClNO2S/c1-15-13-16(2)21(17(3)14-15)23-20(24)9-6-11-26-12-10-25-19-8-5-4-7-18(19)22/h4-5,7-8,13-14H,6,9-12H2,1-3H3,(H,23,24). The van der Waals surface area contributed by atoms with Crippen LogP contribution >= 0.6 is 23.4 Å². The lowest BCUT2D eigenvalue weighted by atomic mass is 10.0. The van der Waals surface area contributed by atoms with Crippen LogP contribution in [0.15, 0.2) is 36.4 Å². The van der Waals surface area contributed by atoms with Gasteiger partial charge in [0, 0.05) is 17.9 Å². The second-order valence-electron chi connectivity index (χ2n) is 6.32. The lowest BCUT2D eigenvalue weighted by Crippen LogP contribution is -2.13. The zero-order valence-corrected chi connectivity index (χ0v) is 17.2. The van der Waals surface area contributed by atoms with E-state index in [0.29, 0.717) is 18.1 Å². The Morgan fingerprint density at radius 3 is 2.50 bits per heavy atom. The lowest BCUT2D eigenvalue weighted by Gasteiger charge is -2.13. The van der Waals surface area contributed by atoms with E-state index < -0.39 is 0 Å². The molecule has 2 aromatic carbocycles. The Labute approximate surface area is 165 Å². The number of ether oxygens (including phenoxy) is 1. The van der Waals surface area contributed by atoms with Gasteiger partial charge in [0.15, 0.2) is 0 Å². The van der Waals surface area contributed by atoms with Gasteiger partial charge in [0.05, 0.1) is 11.6 Å². The number of carbonyl (C=O) groups is 1. The molecule has 2 rings (SSSR count). The first-order valence-electron chi connectivity index (χ1n) is 8.80. The van der Waals surface area contributed by atoms with Crippen LogP contribution in [0.3, 0.4) is 0 Å². The van der Waals surface area contributed by atoms with E-state index in [0.717, 1.165) is 40.5 Å². The van der Waals surface area contributed by atoms with Gasteiger partial charge in [0.1, 0.15) is 5.75 Å². The van der Waals surface area contributed by atoms with Gasteiger partial charge in [-0.15, -0.1) is 0 Å². The van der Waals surface area contributed by atoms with Gasteiger partial charge in [-0.1, -0.05) is 41.4 Å². The highest BCUT2D eigenvalue weighted by atomic mass is 35.5. The van der Waals surface area contributed by atoms with Crippen LogP contribution in [-0.4, -0.2) is 24.0 Å². The van der Waals surface area contributed by atoms with Crippen LogP contribution < -0.4 is 10.1 Å². The van der Waals surface area contributed by atoms with E-state index in [1.165, 1.54) is 5.56 Å². The van der Waals surface area contributed by atoms with Gasteiger partial charge in [-0.25, -0.2) is 0 Å². The van der Waals surface area contributed by atoms with Crippen molar-refractivity contribution in [3.8, 4) is 5.75 Å². The van der Waals surface area contributed by atoms with E-state index in [1.54, 1.807) is 11.8 Å². The number of carbonyl (C=O) groups excluding carboxylic acids is 1. The highest BCUT2D eigenvalue weighted by molar-refractivity contribution is 7.99. The number of hydrogen-bond acceptors (Lipinski definition) is 3.